The number of hydrogen-bond donors (Lipinski definition) is 3. The predicted octanol–water partition coefficient (Wildman–Crippen LogP) is 1.60. The molecule has 29 heavy (non-hydrogen) atoms. The van der Waals surface area contributed by atoms with Crippen LogP contribution in [0.3, 0.4) is 0 Å². The molecule has 1 aliphatic rings. The van der Waals surface area contributed by atoms with E-state index in [1.54, 1.807) is 30.6 Å². The first-order valence-electron chi connectivity index (χ1n) is 8.89. The van der Waals surface area contributed by atoms with E-state index in [9.17, 15) is 19.2 Å². The van der Waals surface area contributed by atoms with E-state index in [4.69, 9.17) is 5.11 Å². The molecule has 0 radical (unpaired) electrons. The van der Waals surface area contributed by atoms with Crippen LogP contribution in [0.4, 0.5) is 10.5 Å². The highest BCUT2D eigenvalue weighted by molar-refractivity contribution is 6.19. The molecule has 150 valence electrons. The predicted molar refractivity (Wildman–Crippen MR) is 105 cm³/mol. The Morgan fingerprint density at radius 1 is 1.24 bits per heavy atom. The molecule has 3 N–H and O–H groups in total. The van der Waals surface area contributed by atoms with Crippen LogP contribution in [0.15, 0.2) is 55.0 Å². The minimum Gasteiger partial charge on any atom is -0.481 e. The van der Waals surface area contributed by atoms with Gasteiger partial charge in [-0.15, -0.1) is 0 Å². The van der Waals surface area contributed by atoms with Gasteiger partial charge in [0, 0.05) is 43.9 Å². The smallest absolute Gasteiger partial charge is 0.323 e. The number of benzene rings is 1. The van der Waals surface area contributed by atoms with Gasteiger partial charge < -0.3 is 20.3 Å². The minimum atomic E-state index is -1.38. The van der Waals surface area contributed by atoms with Crippen molar-refractivity contribution < 1.29 is 24.3 Å². The van der Waals surface area contributed by atoms with E-state index < -0.39 is 29.7 Å². The molecule has 9 heteroatoms. The second kappa shape index (κ2) is 8.42. The zero-order chi connectivity index (χ0) is 21.0. The summed E-state index contributed by atoms with van der Waals surface area (Å²) < 4.78 is 0. The van der Waals surface area contributed by atoms with Gasteiger partial charge >= 0.3 is 12.0 Å². The van der Waals surface area contributed by atoms with Gasteiger partial charge in [-0.05, 0) is 29.3 Å². The Hall–Kier alpha value is -3.88. The van der Waals surface area contributed by atoms with Crippen molar-refractivity contribution in [3.63, 3.8) is 0 Å². The molecule has 2 aromatic rings. The fourth-order valence-electron chi connectivity index (χ4n) is 2.99. The first kappa shape index (κ1) is 19.9. The van der Waals surface area contributed by atoms with Gasteiger partial charge in [0.2, 0.25) is 0 Å². The Morgan fingerprint density at radius 2 is 2.03 bits per heavy atom. The number of hydrogen-bond acceptors (Lipinski definition) is 4. The quantitative estimate of drug-likeness (QED) is 0.640. The number of carboxylic acid groups (broad SMARTS) is 1. The molecular weight excluding hydrogens is 376 g/mol. The lowest BCUT2D eigenvalue weighted by atomic mass is 10.0. The van der Waals surface area contributed by atoms with E-state index in [1.165, 1.54) is 24.2 Å². The van der Waals surface area contributed by atoms with Crippen LogP contribution in [0.1, 0.15) is 6.42 Å². The number of likely N-dealkylation sites (N-methyl/N-ethyl adjacent to an activating group) is 1. The van der Waals surface area contributed by atoms with Gasteiger partial charge in [-0.2, -0.15) is 0 Å². The van der Waals surface area contributed by atoms with Crippen LogP contribution in [0.25, 0.3) is 11.1 Å². The number of nitrogens with zero attached hydrogens (tertiary/aromatic N) is 2. The van der Waals surface area contributed by atoms with Crippen molar-refractivity contribution in [3.05, 3.63) is 55.0 Å². The number of aliphatic carboxylic acids is 1. The fourth-order valence-corrected chi connectivity index (χ4v) is 2.99. The molecule has 0 unspecified atom stereocenters. The minimum absolute atomic E-state index is 0.136. The van der Waals surface area contributed by atoms with Crippen LogP contribution >= 0.6 is 0 Å². The maximum absolute atomic E-state index is 12.9. The highest BCUT2D eigenvalue weighted by atomic mass is 16.4. The lowest BCUT2D eigenvalue weighted by Gasteiger charge is -2.33. The summed E-state index contributed by atoms with van der Waals surface area (Å²) in [4.78, 5) is 54.1. The lowest BCUT2D eigenvalue weighted by molar-refractivity contribution is -0.137. The van der Waals surface area contributed by atoms with E-state index in [1.807, 2.05) is 12.1 Å². The molecule has 0 saturated carbocycles. The molecule has 0 fully saturated rings. The van der Waals surface area contributed by atoms with Gasteiger partial charge in [0.25, 0.3) is 5.91 Å². The summed E-state index contributed by atoms with van der Waals surface area (Å²) in [6.45, 7) is -0.136. The summed E-state index contributed by atoms with van der Waals surface area (Å²) in [6, 6.07) is 6.61. The third kappa shape index (κ3) is 4.34. The van der Waals surface area contributed by atoms with Gasteiger partial charge in [0.05, 0.1) is 6.42 Å². The normalized spacial score (nSPS) is 16.0. The number of aromatic nitrogens is 1. The molecule has 1 atom stereocenters. The number of aromatic amines is 1. The summed E-state index contributed by atoms with van der Waals surface area (Å²) >= 11 is 0. The van der Waals surface area contributed by atoms with Crippen LogP contribution < -0.4 is 10.2 Å². The van der Waals surface area contributed by atoms with Crippen molar-refractivity contribution in [2.45, 2.75) is 12.5 Å². The number of carbonyl (C=O) groups is 4. The van der Waals surface area contributed by atoms with Gasteiger partial charge in [-0.25, -0.2) is 4.79 Å². The van der Waals surface area contributed by atoms with Crippen molar-refractivity contribution >= 4 is 29.4 Å². The second-order valence-corrected chi connectivity index (χ2v) is 6.47. The van der Waals surface area contributed by atoms with E-state index in [0.29, 0.717) is 5.69 Å². The monoisotopic (exact) mass is 396 g/mol. The first-order valence-corrected chi connectivity index (χ1v) is 8.89. The summed E-state index contributed by atoms with van der Waals surface area (Å²) in [5.74, 6) is -2.16. The van der Waals surface area contributed by atoms with Crippen molar-refractivity contribution in [2.24, 2.45) is 0 Å². The number of H-pyrrole nitrogens is 1. The second-order valence-electron chi connectivity index (χ2n) is 6.47. The fraction of sp³-hybridized carbons (Fsp3) is 0.200. The van der Waals surface area contributed by atoms with Crippen LogP contribution in [0.5, 0.6) is 0 Å². The Kier molecular flexibility index (Phi) is 5.77. The number of ketones is 1. The number of nitrogens with one attached hydrogen (secondary N) is 2. The molecule has 1 aliphatic heterocycles. The van der Waals surface area contributed by atoms with Gasteiger partial charge in [0.1, 0.15) is 0 Å². The largest absolute Gasteiger partial charge is 0.481 e. The number of amides is 3. The number of anilines is 1. The van der Waals surface area contributed by atoms with E-state index in [2.05, 4.69) is 10.3 Å². The molecular formula is C20H20N4O5. The topological polar surface area (TPSA) is 123 Å². The molecule has 2 heterocycles. The van der Waals surface area contributed by atoms with Crippen LogP contribution in [-0.2, 0) is 14.4 Å². The zero-order valence-electron chi connectivity index (χ0n) is 15.7. The first-order chi connectivity index (χ1) is 13.9. The molecule has 1 aromatic heterocycles. The van der Waals surface area contributed by atoms with Crippen molar-refractivity contribution in [2.75, 3.05) is 18.5 Å². The maximum atomic E-state index is 12.9. The highest BCUT2D eigenvalue weighted by Gasteiger charge is 2.39. The highest BCUT2D eigenvalue weighted by Crippen LogP contribution is 2.27. The summed E-state index contributed by atoms with van der Waals surface area (Å²) in [5, 5.41) is 11.3. The average molecular weight is 396 g/mol. The molecule has 1 aromatic carbocycles. The molecule has 0 spiro atoms. The van der Waals surface area contributed by atoms with Crippen LogP contribution in [0.2, 0.25) is 0 Å². The van der Waals surface area contributed by atoms with Crippen molar-refractivity contribution in [1.82, 2.24) is 15.2 Å². The van der Waals surface area contributed by atoms with E-state index in [-0.39, 0.29) is 13.0 Å². The molecule has 9 nitrogen and oxygen atoms in total. The Balaban J connectivity index is 1.99. The van der Waals surface area contributed by atoms with Crippen molar-refractivity contribution in [3.8, 4) is 11.1 Å². The molecule has 0 aliphatic carbocycles. The molecule has 0 bridgehead atoms. The van der Waals surface area contributed by atoms with Crippen LogP contribution in [-0.4, -0.2) is 58.3 Å². The summed E-state index contributed by atoms with van der Waals surface area (Å²) in [5.41, 5.74) is 2.00. The SMILES string of the molecule is CN1C=CC(=O)[C@H](N(C(=O)NCCC(=O)O)c2cccc(-c3cc[nH]c3)c2)C1=O. The number of rotatable bonds is 6. The number of carbonyl (C=O) groups excluding carboxylic acids is 3. The molecule has 3 rings (SSSR count). The molecule has 0 saturated heterocycles. The van der Waals surface area contributed by atoms with Gasteiger partial charge in [-0.3, -0.25) is 19.3 Å². The maximum Gasteiger partial charge on any atom is 0.323 e. The standard InChI is InChI=1S/C20H20N4O5/c1-23-10-7-16(25)18(19(23)28)24(20(29)22-9-6-17(26)27)15-4-2-3-13(11-15)14-5-8-21-12-14/h2-5,7-8,10-12,18,21H,6,9H2,1H3,(H,22,29)(H,26,27)/t18-/m0/s1. The Labute approximate surface area is 166 Å². The summed E-state index contributed by atoms with van der Waals surface area (Å²) in [6.07, 6.45) is 5.84. The van der Waals surface area contributed by atoms with Crippen molar-refractivity contribution in [1.29, 1.82) is 0 Å². The zero-order valence-corrected chi connectivity index (χ0v) is 15.7. The van der Waals surface area contributed by atoms with E-state index in [0.717, 1.165) is 16.0 Å². The average Bonchev–Trinajstić information content (AvgIpc) is 3.23. The third-order valence-electron chi connectivity index (χ3n) is 4.46. The van der Waals surface area contributed by atoms with E-state index >= 15 is 0 Å². The molecule has 3 amide bonds. The Bertz CT molecular complexity index is 967. The number of carboxylic acids is 1. The third-order valence-corrected chi connectivity index (χ3v) is 4.46. The lowest BCUT2D eigenvalue weighted by Crippen LogP contribution is -2.57. The van der Waals surface area contributed by atoms with Gasteiger partial charge in [0.15, 0.2) is 11.8 Å². The van der Waals surface area contributed by atoms with Gasteiger partial charge in [-0.1, -0.05) is 12.1 Å². The van der Waals surface area contributed by atoms with Crippen LogP contribution in [0, 0.1) is 0 Å². The summed E-state index contributed by atoms with van der Waals surface area (Å²) in [7, 11) is 1.50. The number of urea groups is 1. The Morgan fingerprint density at radius 3 is 2.72 bits per heavy atom.